The highest BCUT2D eigenvalue weighted by Crippen LogP contribution is 2.21. The highest BCUT2D eigenvalue weighted by molar-refractivity contribution is 6.30. The summed E-state index contributed by atoms with van der Waals surface area (Å²) in [6.45, 7) is 9.20. The van der Waals surface area contributed by atoms with Crippen LogP contribution in [0, 0.1) is 0 Å². The van der Waals surface area contributed by atoms with Gasteiger partial charge in [0.1, 0.15) is 0 Å². The number of hydrogen-bond acceptors (Lipinski definition) is 2. The first kappa shape index (κ1) is 16.9. The Morgan fingerprint density at radius 2 is 1.77 bits per heavy atom. The molecule has 0 N–H and O–H groups in total. The average molecular weight is 324 g/mol. The number of rotatable bonds is 5. The summed E-state index contributed by atoms with van der Waals surface area (Å²) in [5.41, 5.74) is 1.14. The summed E-state index contributed by atoms with van der Waals surface area (Å²) >= 11 is 6.06. The Morgan fingerprint density at radius 3 is 2.32 bits per heavy atom. The zero-order valence-electron chi connectivity index (χ0n) is 13.6. The van der Waals surface area contributed by atoms with Crippen LogP contribution in [0.15, 0.2) is 24.3 Å². The van der Waals surface area contributed by atoms with Crippen molar-refractivity contribution in [3.63, 3.8) is 0 Å². The van der Waals surface area contributed by atoms with Gasteiger partial charge in [-0.1, -0.05) is 31.5 Å². The van der Waals surface area contributed by atoms with Crippen molar-refractivity contribution in [2.75, 3.05) is 44.2 Å². The minimum atomic E-state index is 0.189. The summed E-state index contributed by atoms with van der Waals surface area (Å²) in [5.74, 6) is 0. The number of halogens is 1. The molecule has 0 aliphatic carbocycles. The number of benzene rings is 1. The summed E-state index contributed by atoms with van der Waals surface area (Å²) < 4.78 is 0. The topological polar surface area (TPSA) is 26.8 Å². The first-order valence-electron chi connectivity index (χ1n) is 8.20. The van der Waals surface area contributed by atoms with Crippen molar-refractivity contribution in [2.45, 2.75) is 26.7 Å². The van der Waals surface area contributed by atoms with Gasteiger partial charge in [0.2, 0.25) is 0 Å². The van der Waals surface area contributed by atoms with E-state index in [2.05, 4.69) is 24.8 Å². The predicted octanol–water partition coefficient (Wildman–Crippen LogP) is 3.70. The van der Waals surface area contributed by atoms with Crippen molar-refractivity contribution < 1.29 is 4.79 Å². The van der Waals surface area contributed by atoms with Crippen LogP contribution in [0.4, 0.5) is 10.5 Å². The molecule has 0 bridgehead atoms. The van der Waals surface area contributed by atoms with E-state index < -0.39 is 0 Å². The molecule has 122 valence electrons. The fourth-order valence-electron chi connectivity index (χ4n) is 2.87. The summed E-state index contributed by atoms with van der Waals surface area (Å²) in [6.07, 6.45) is 2.02. The van der Waals surface area contributed by atoms with Crippen molar-refractivity contribution in [3.8, 4) is 0 Å². The van der Waals surface area contributed by atoms with Crippen molar-refractivity contribution >= 4 is 23.3 Å². The molecule has 1 aliphatic rings. The van der Waals surface area contributed by atoms with Gasteiger partial charge in [-0.3, -0.25) is 0 Å². The minimum absolute atomic E-state index is 0.189. The zero-order chi connectivity index (χ0) is 15.9. The number of hydrogen-bond donors (Lipinski definition) is 0. The maximum atomic E-state index is 12.6. The van der Waals surface area contributed by atoms with E-state index in [-0.39, 0.29) is 6.03 Å². The molecular formula is C17H26ClN3O. The smallest absolute Gasteiger partial charge is 0.320 e. The van der Waals surface area contributed by atoms with E-state index in [4.69, 9.17) is 11.6 Å². The third-order valence-corrected chi connectivity index (χ3v) is 4.22. The number of anilines is 1. The molecule has 22 heavy (non-hydrogen) atoms. The van der Waals surface area contributed by atoms with E-state index >= 15 is 0 Å². The molecule has 1 aromatic carbocycles. The molecule has 1 fully saturated rings. The summed E-state index contributed by atoms with van der Waals surface area (Å²) in [5, 5.41) is 0.757. The van der Waals surface area contributed by atoms with Gasteiger partial charge in [0.05, 0.1) is 0 Å². The molecule has 1 aliphatic heterocycles. The molecule has 1 heterocycles. The maximum Gasteiger partial charge on any atom is 0.320 e. The van der Waals surface area contributed by atoms with Crippen molar-refractivity contribution in [3.05, 3.63) is 29.3 Å². The molecule has 0 aromatic heterocycles. The molecule has 1 saturated heterocycles. The number of carbonyl (C=O) groups is 1. The summed E-state index contributed by atoms with van der Waals surface area (Å²) in [7, 11) is 0. The fourth-order valence-corrected chi connectivity index (χ4v) is 3.06. The Balaban J connectivity index is 1.92. The number of amides is 2. The van der Waals surface area contributed by atoms with Crippen LogP contribution in [0.3, 0.4) is 0 Å². The van der Waals surface area contributed by atoms with Gasteiger partial charge in [-0.15, -0.1) is 0 Å². The normalized spacial score (nSPS) is 15.0. The second kappa shape index (κ2) is 8.28. The second-order valence-electron chi connectivity index (χ2n) is 5.72. The largest absolute Gasteiger partial charge is 0.368 e. The van der Waals surface area contributed by atoms with Crippen molar-refractivity contribution in [1.29, 1.82) is 0 Å². The van der Waals surface area contributed by atoms with Gasteiger partial charge >= 0.3 is 6.03 Å². The highest BCUT2D eigenvalue weighted by Gasteiger charge is 2.24. The lowest BCUT2D eigenvalue weighted by molar-refractivity contribution is 0.150. The van der Waals surface area contributed by atoms with Crippen molar-refractivity contribution in [1.82, 2.24) is 9.80 Å². The molecule has 1 aromatic rings. The standard InChI is InChI=1S/C17H26ClN3O/c1-3-8-20(9-4-2)17(22)21-12-10-19(11-13-21)16-7-5-6-15(18)14-16/h5-7,14H,3-4,8-13H2,1-2H3. The predicted molar refractivity (Wildman–Crippen MR) is 92.8 cm³/mol. The van der Waals surface area contributed by atoms with Gasteiger partial charge in [-0.25, -0.2) is 4.79 Å². The van der Waals surface area contributed by atoms with E-state index in [0.717, 1.165) is 62.8 Å². The molecule has 0 atom stereocenters. The highest BCUT2D eigenvalue weighted by atomic mass is 35.5. The number of piperazine rings is 1. The van der Waals surface area contributed by atoms with Crippen LogP contribution < -0.4 is 4.90 Å². The Hall–Kier alpha value is -1.42. The molecule has 0 saturated carbocycles. The lowest BCUT2D eigenvalue weighted by Gasteiger charge is -2.38. The van der Waals surface area contributed by atoms with E-state index in [1.54, 1.807) is 0 Å². The van der Waals surface area contributed by atoms with Gasteiger partial charge in [0.25, 0.3) is 0 Å². The van der Waals surface area contributed by atoms with Crippen LogP contribution in [-0.4, -0.2) is 55.1 Å². The van der Waals surface area contributed by atoms with Crippen LogP contribution in [0.5, 0.6) is 0 Å². The van der Waals surface area contributed by atoms with E-state index in [9.17, 15) is 4.79 Å². The second-order valence-corrected chi connectivity index (χ2v) is 6.16. The Bertz CT molecular complexity index is 481. The van der Waals surface area contributed by atoms with Gasteiger partial charge < -0.3 is 14.7 Å². The Labute approximate surface area is 138 Å². The first-order chi connectivity index (χ1) is 10.7. The third kappa shape index (κ3) is 4.29. The Kier molecular flexibility index (Phi) is 6.37. The quantitative estimate of drug-likeness (QED) is 0.826. The molecule has 2 amide bonds. The third-order valence-electron chi connectivity index (χ3n) is 3.98. The van der Waals surface area contributed by atoms with Gasteiger partial charge in [0.15, 0.2) is 0 Å². The Morgan fingerprint density at radius 1 is 1.14 bits per heavy atom. The van der Waals surface area contributed by atoms with Crippen LogP contribution in [0.2, 0.25) is 5.02 Å². The SMILES string of the molecule is CCCN(CCC)C(=O)N1CCN(c2cccc(Cl)c2)CC1. The van der Waals surface area contributed by atoms with Gasteiger partial charge in [0, 0.05) is 50.0 Å². The van der Waals surface area contributed by atoms with Crippen molar-refractivity contribution in [2.24, 2.45) is 0 Å². The minimum Gasteiger partial charge on any atom is -0.368 e. The van der Waals surface area contributed by atoms with E-state index in [1.165, 1.54) is 0 Å². The van der Waals surface area contributed by atoms with Crippen LogP contribution in [-0.2, 0) is 0 Å². The van der Waals surface area contributed by atoms with Gasteiger partial charge in [-0.05, 0) is 31.0 Å². The lowest BCUT2D eigenvalue weighted by Crippen LogP contribution is -2.53. The van der Waals surface area contributed by atoms with E-state index in [1.807, 2.05) is 28.0 Å². The molecule has 5 heteroatoms. The molecule has 4 nitrogen and oxygen atoms in total. The molecule has 0 radical (unpaired) electrons. The zero-order valence-corrected chi connectivity index (χ0v) is 14.4. The first-order valence-corrected chi connectivity index (χ1v) is 8.57. The average Bonchev–Trinajstić information content (AvgIpc) is 2.54. The number of urea groups is 1. The van der Waals surface area contributed by atoms with Crippen LogP contribution in [0.1, 0.15) is 26.7 Å². The molecule has 0 unspecified atom stereocenters. The fraction of sp³-hybridized carbons (Fsp3) is 0.588. The monoisotopic (exact) mass is 323 g/mol. The summed E-state index contributed by atoms with van der Waals surface area (Å²) in [6, 6.07) is 8.11. The maximum absolute atomic E-state index is 12.6. The van der Waals surface area contributed by atoms with Crippen LogP contribution in [0.25, 0.3) is 0 Å². The summed E-state index contributed by atoms with van der Waals surface area (Å²) in [4.78, 5) is 18.8. The molecule has 0 spiro atoms. The van der Waals surface area contributed by atoms with Gasteiger partial charge in [-0.2, -0.15) is 0 Å². The van der Waals surface area contributed by atoms with E-state index in [0.29, 0.717) is 0 Å². The lowest BCUT2D eigenvalue weighted by atomic mass is 10.2. The number of carbonyl (C=O) groups excluding carboxylic acids is 1. The number of nitrogens with zero attached hydrogens (tertiary/aromatic N) is 3. The molecule has 2 rings (SSSR count). The molecular weight excluding hydrogens is 298 g/mol. The van der Waals surface area contributed by atoms with Crippen LogP contribution >= 0.6 is 11.6 Å².